The fraction of sp³-hybridized carbons (Fsp3) is 0.733. The molecule has 0 unspecified atom stereocenters. The highest BCUT2D eigenvalue weighted by Gasteiger charge is 2.27. The molecule has 1 atom stereocenters. The van der Waals surface area contributed by atoms with E-state index in [1.54, 1.807) is 13.0 Å². The number of rotatable bonds is 5. The van der Waals surface area contributed by atoms with Gasteiger partial charge in [-0.2, -0.15) is 13.2 Å². The molecule has 6 heteroatoms. The van der Waals surface area contributed by atoms with Crippen LogP contribution in [0.25, 0.3) is 0 Å². The summed E-state index contributed by atoms with van der Waals surface area (Å²) in [5, 5.41) is 0. The van der Waals surface area contributed by atoms with Crippen molar-refractivity contribution in [2.24, 2.45) is 5.92 Å². The Kier molecular flexibility index (Phi) is 16.0. The Balaban J connectivity index is -0.000000277. The minimum absolute atomic E-state index is 0.0799. The van der Waals surface area contributed by atoms with Gasteiger partial charge in [0.2, 0.25) is 0 Å². The highest BCUT2D eigenvalue weighted by molar-refractivity contribution is 5.53. The van der Waals surface area contributed by atoms with Crippen molar-refractivity contribution in [2.45, 2.75) is 65.7 Å². The molecule has 0 amide bonds. The van der Waals surface area contributed by atoms with E-state index in [1.165, 1.54) is 0 Å². The zero-order valence-corrected chi connectivity index (χ0v) is 13.5. The smallest absolute Gasteiger partial charge is 0.389 e. The molecule has 0 N–H and O–H groups in total. The number of hydrogen-bond donors (Lipinski definition) is 0. The summed E-state index contributed by atoms with van der Waals surface area (Å²) in [7, 11) is 0. The second kappa shape index (κ2) is 13.6. The van der Waals surface area contributed by atoms with Gasteiger partial charge in [-0.05, 0) is 40.5 Å². The standard InChI is InChI=1S/C7H11F3O.C5H10O2.C3H6/c1-2-6(5-11)3-4-7(8,9)10;1-5(2,3)7-4-6;1-3-2/h5-6H,2-4H2,1H3;4H,1-3H3;3H,1H2,2H3/t6-;;/m0../s1. The molecule has 0 aliphatic carbocycles. The van der Waals surface area contributed by atoms with Crippen molar-refractivity contribution in [3.8, 4) is 0 Å². The molecule has 0 aromatic carbocycles. The number of alkyl halides is 3. The Labute approximate surface area is 125 Å². The molecule has 0 aliphatic heterocycles. The first-order valence-corrected chi connectivity index (χ1v) is 6.67. The van der Waals surface area contributed by atoms with E-state index in [-0.39, 0.29) is 12.0 Å². The van der Waals surface area contributed by atoms with E-state index in [4.69, 9.17) is 0 Å². The molecule has 0 aromatic rings. The fourth-order valence-electron chi connectivity index (χ4n) is 0.862. The summed E-state index contributed by atoms with van der Waals surface area (Å²) in [6.45, 7) is 12.9. The lowest BCUT2D eigenvalue weighted by atomic mass is 10.0. The second-order valence-electron chi connectivity index (χ2n) is 5.19. The minimum Gasteiger partial charge on any atom is -0.462 e. The molecule has 0 spiro atoms. The molecule has 0 fully saturated rings. The van der Waals surface area contributed by atoms with Gasteiger partial charge in [0.1, 0.15) is 11.9 Å². The molecule has 0 aromatic heterocycles. The largest absolute Gasteiger partial charge is 0.462 e. The van der Waals surface area contributed by atoms with Gasteiger partial charge in [0.15, 0.2) is 0 Å². The Morgan fingerprint density at radius 2 is 1.62 bits per heavy atom. The average molecular weight is 312 g/mol. The van der Waals surface area contributed by atoms with Crippen LogP contribution in [-0.2, 0) is 14.3 Å². The van der Waals surface area contributed by atoms with Gasteiger partial charge >= 0.3 is 6.18 Å². The van der Waals surface area contributed by atoms with Crippen LogP contribution in [0.15, 0.2) is 12.7 Å². The monoisotopic (exact) mass is 312 g/mol. The van der Waals surface area contributed by atoms with Gasteiger partial charge in [-0.3, -0.25) is 4.79 Å². The second-order valence-corrected chi connectivity index (χ2v) is 5.19. The molecule has 0 heterocycles. The Morgan fingerprint density at radius 1 is 1.19 bits per heavy atom. The average Bonchev–Trinajstić information content (AvgIpc) is 2.29. The predicted molar refractivity (Wildman–Crippen MR) is 77.9 cm³/mol. The van der Waals surface area contributed by atoms with Crippen molar-refractivity contribution in [1.29, 1.82) is 0 Å². The molecule has 126 valence electrons. The number of carbonyl (C=O) groups excluding carboxylic acids is 2. The van der Waals surface area contributed by atoms with Gasteiger partial charge in [0, 0.05) is 12.3 Å². The van der Waals surface area contributed by atoms with Gasteiger partial charge < -0.3 is 9.53 Å². The van der Waals surface area contributed by atoms with Gasteiger partial charge in [-0.1, -0.05) is 13.0 Å². The SMILES string of the molecule is C=CC.CC(C)(C)OC=O.CC[C@H](C=O)CCC(F)(F)F. The van der Waals surface area contributed by atoms with Crippen LogP contribution in [0.3, 0.4) is 0 Å². The Morgan fingerprint density at radius 3 is 1.76 bits per heavy atom. The quantitative estimate of drug-likeness (QED) is 0.545. The van der Waals surface area contributed by atoms with Crippen LogP contribution in [-0.4, -0.2) is 24.5 Å². The maximum Gasteiger partial charge on any atom is 0.389 e. The molecule has 0 radical (unpaired) electrons. The molecule has 0 bridgehead atoms. The Hall–Kier alpha value is -1.33. The van der Waals surface area contributed by atoms with E-state index in [2.05, 4.69) is 11.3 Å². The molecule has 0 saturated heterocycles. The summed E-state index contributed by atoms with van der Waals surface area (Å²) in [6, 6.07) is 0. The topological polar surface area (TPSA) is 43.4 Å². The van der Waals surface area contributed by atoms with Crippen LogP contribution in [0.4, 0.5) is 13.2 Å². The first-order chi connectivity index (χ1) is 9.47. The number of aldehydes is 1. The highest BCUT2D eigenvalue weighted by Crippen LogP contribution is 2.24. The van der Waals surface area contributed by atoms with Gasteiger partial charge in [0.05, 0.1) is 0 Å². The van der Waals surface area contributed by atoms with Crippen LogP contribution < -0.4 is 0 Å². The molecular weight excluding hydrogens is 285 g/mol. The molecule has 3 nitrogen and oxygen atoms in total. The van der Waals surface area contributed by atoms with Crippen molar-refractivity contribution >= 4 is 12.8 Å². The van der Waals surface area contributed by atoms with Crippen LogP contribution in [0.5, 0.6) is 0 Å². The van der Waals surface area contributed by atoms with Crippen molar-refractivity contribution < 1.29 is 27.5 Å². The number of halogens is 3. The third kappa shape index (κ3) is 32.3. The number of ether oxygens (including phenoxy) is 1. The highest BCUT2D eigenvalue weighted by atomic mass is 19.4. The Bertz CT molecular complexity index is 268. The number of allylic oxidation sites excluding steroid dienone is 1. The summed E-state index contributed by atoms with van der Waals surface area (Å²) in [4.78, 5) is 19.7. The van der Waals surface area contributed by atoms with Crippen molar-refractivity contribution in [1.82, 2.24) is 0 Å². The van der Waals surface area contributed by atoms with Gasteiger partial charge in [-0.15, -0.1) is 6.58 Å². The van der Waals surface area contributed by atoms with Gasteiger partial charge in [-0.25, -0.2) is 0 Å². The van der Waals surface area contributed by atoms with E-state index >= 15 is 0 Å². The van der Waals surface area contributed by atoms with Crippen molar-refractivity contribution in [2.75, 3.05) is 0 Å². The third-order valence-electron chi connectivity index (χ3n) is 1.92. The first kappa shape index (κ1) is 24.7. The van der Waals surface area contributed by atoms with Crippen LogP contribution in [0, 0.1) is 5.92 Å². The van der Waals surface area contributed by atoms with E-state index in [0.29, 0.717) is 19.2 Å². The fourth-order valence-corrected chi connectivity index (χ4v) is 0.862. The molecule has 0 saturated carbocycles. The molecule has 0 aliphatic rings. The summed E-state index contributed by atoms with van der Waals surface area (Å²) in [5.41, 5.74) is -0.318. The van der Waals surface area contributed by atoms with Crippen LogP contribution in [0.1, 0.15) is 53.9 Å². The summed E-state index contributed by atoms with van der Waals surface area (Å²) in [5.74, 6) is -0.434. The van der Waals surface area contributed by atoms with E-state index in [1.807, 2.05) is 27.7 Å². The molecular formula is C15H27F3O3. The number of hydrogen-bond acceptors (Lipinski definition) is 3. The summed E-state index contributed by atoms with van der Waals surface area (Å²) >= 11 is 0. The predicted octanol–water partition coefficient (Wildman–Crippen LogP) is 4.70. The lowest BCUT2D eigenvalue weighted by Crippen LogP contribution is -2.17. The number of carbonyl (C=O) groups is 2. The van der Waals surface area contributed by atoms with E-state index < -0.39 is 18.5 Å². The first-order valence-electron chi connectivity index (χ1n) is 6.67. The summed E-state index contributed by atoms with van der Waals surface area (Å²) < 4.78 is 39.3. The van der Waals surface area contributed by atoms with E-state index in [0.717, 1.165) is 0 Å². The lowest BCUT2D eigenvalue weighted by Gasteiger charge is -2.14. The maximum absolute atomic E-state index is 11.6. The molecule has 21 heavy (non-hydrogen) atoms. The zero-order valence-electron chi connectivity index (χ0n) is 13.5. The van der Waals surface area contributed by atoms with E-state index in [9.17, 15) is 22.8 Å². The normalized spacial score (nSPS) is 11.8. The molecule has 0 rings (SSSR count). The minimum atomic E-state index is -4.13. The van der Waals surface area contributed by atoms with Crippen LogP contribution >= 0.6 is 0 Å². The van der Waals surface area contributed by atoms with Crippen LogP contribution in [0.2, 0.25) is 0 Å². The van der Waals surface area contributed by atoms with Gasteiger partial charge in [0.25, 0.3) is 6.47 Å². The maximum atomic E-state index is 11.6. The lowest BCUT2D eigenvalue weighted by molar-refractivity contribution is -0.139. The van der Waals surface area contributed by atoms with Crippen molar-refractivity contribution in [3.63, 3.8) is 0 Å². The zero-order chi connectivity index (χ0) is 17.5. The summed E-state index contributed by atoms with van der Waals surface area (Å²) in [6.07, 6.45) is -2.24. The van der Waals surface area contributed by atoms with Crippen molar-refractivity contribution in [3.05, 3.63) is 12.7 Å². The third-order valence-corrected chi connectivity index (χ3v) is 1.92.